The number of hydrogen-bond acceptors (Lipinski definition) is 3. The van der Waals surface area contributed by atoms with Crippen molar-refractivity contribution in [2.45, 2.75) is 25.9 Å². The van der Waals surface area contributed by atoms with Gasteiger partial charge in [0.1, 0.15) is 0 Å². The summed E-state index contributed by atoms with van der Waals surface area (Å²) in [5.41, 5.74) is 5.52. The molecule has 2 atom stereocenters. The maximum absolute atomic E-state index is 11.5. The molecule has 0 bridgehead atoms. The number of rotatable bonds is 1. The van der Waals surface area contributed by atoms with Crippen molar-refractivity contribution < 1.29 is 4.79 Å². The van der Waals surface area contributed by atoms with Crippen molar-refractivity contribution >= 4 is 5.91 Å². The summed E-state index contributed by atoms with van der Waals surface area (Å²) in [5, 5.41) is 3.22. The zero-order valence-corrected chi connectivity index (χ0v) is 7.71. The molecule has 3 N–H and O–H groups in total. The lowest BCUT2D eigenvalue weighted by atomic mass is 10.2. The minimum absolute atomic E-state index is 0.0593. The molecule has 0 aromatic rings. The number of nitrogens with zero attached hydrogens (tertiary/aromatic N) is 1. The summed E-state index contributed by atoms with van der Waals surface area (Å²) in [6.45, 7) is 6.30. The lowest BCUT2D eigenvalue weighted by Gasteiger charge is -2.34. The van der Waals surface area contributed by atoms with Gasteiger partial charge in [0.05, 0.1) is 6.04 Å². The van der Waals surface area contributed by atoms with E-state index in [0.29, 0.717) is 0 Å². The lowest BCUT2D eigenvalue weighted by Crippen LogP contribution is -2.55. The normalized spacial score (nSPS) is 26.9. The highest BCUT2D eigenvalue weighted by Crippen LogP contribution is 2.03. The first kappa shape index (κ1) is 9.48. The van der Waals surface area contributed by atoms with Gasteiger partial charge >= 0.3 is 0 Å². The van der Waals surface area contributed by atoms with E-state index in [0.717, 1.165) is 19.6 Å². The quantitative estimate of drug-likeness (QED) is 0.540. The molecule has 4 heteroatoms. The van der Waals surface area contributed by atoms with E-state index >= 15 is 0 Å². The van der Waals surface area contributed by atoms with Gasteiger partial charge in [0.2, 0.25) is 5.91 Å². The number of hydrogen-bond donors (Lipinski definition) is 2. The van der Waals surface area contributed by atoms with Crippen molar-refractivity contribution in [1.29, 1.82) is 0 Å². The molecule has 0 aromatic carbocycles. The molecule has 0 spiro atoms. The van der Waals surface area contributed by atoms with E-state index in [2.05, 4.69) is 5.32 Å². The summed E-state index contributed by atoms with van der Waals surface area (Å²) in [7, 11) is 0. The van der Waals surface area contributed by atoms with Gasteiger partial charge in [-0.15, -0.1) is 0 Å². The molecule has 0 radical (unpaired) electrons. The Morgan fingerprint density at radius 3 is 2.92 bits per heavy atom. The molecular formula is C8H17N3O. The predicted molar refractivity (Wildman–Crippen MR) is 47.7 cm³/mol. The van der Waals surface area contributed by atoms with Gasteiger partial charge < -0.3 is 16.0 Å². The van der Waals surface area contributed by atoms with Crippen LogP contribution in [0.4, 0.5) is 0 Å². The van der Waals surface area contributed by atoms with E-state index in [-0.39, 0.29) is 18.0 Å². The Morgan fingerprint density at radius 2 is 2.42 bits per heavy atom. The first-order valence-electron chi connectivity index (χ1n) is 4.39. The Labute approximate surface area is 73.1 Å². The highest BCUT2D eigenvalue weighted by atomic mass is 16.2. The average molecular weight is 171 g/mol. The minimum Gasteiger partial charge on any atom is -0.336 e. The van der Waals surface area contributed by atoms with Gasteiger partial charge in [0.25, 0.3) is 0 Å². The number of carbonyl (C=O) groups excluding carboxylic acids is 1. The standard InChI is InChI=1S/C8H17N3O/c1-6-5-10-3-4-11(6)8(12)7(2)9/h6-7,10H,3-5,9H2,1-2H3/t6-,7?/m0/s1. The molecule has 1 saturated heterocycles. The Hall–Kier alpha value is -0.610. The average Bonchev–Trinajstić information content (AvgIpc) is 2.04. The van der Waals surface area contributed by atoms with Crippen LogP contribution in [0.15, 0.2) is 0 Å². The maximum Gasteiger partial charge on any atom is 0.239 e. The van der Waals surface area contributed by atoms with Crippen molar-refractivity contribution in [3.63, 3.8) is 0 Å². The number of amides is 1. The molecule has 1 fully saturated rings. The zero-order valence-electron chi connectivity index (χ0n) is 7.71. The van der Waals surface area contributed by atoms with Crippen LogP contribution in [-0.2, 0) is 4.79 Å². The van der Waals surface area contributed by atoms with Crippen LogP contribution in [0.2, 0.25) is 0 Å². The molecule has 0 saturated carbocycles. The van der Waals surface area contributed by atoms with Crippen LogP contribution in [0.1, 0.15) is 13.8 Å². The summed E-state index contributed by atoms with van der Waals surface area (Å²) >= 11 is 0. The molecule has 1 amide bonds. The van der Waals surface area contributed by atoms with Gasteiger partial charge in [0.15, 0.2) is 0 Å². The van der Waals surface area contributed by atoms with E-state index < -0.39 is 0 Å². The lowest BCUT2D eigenvalue weighted by molar-refractivity contribution is -0.134. The highest BCUT2D eigenvalue weighted by molar-refractivity contribution is 5.81. The molecule has 1 rings (SSSR count). The largest absolute Gasteiger partial charge is 0.336 e. The van der Waals surface area contributed by atoms with Crippen molar-refractivity contribution in [1.82, 2.24) is 10.2 Å². The molecule has 4 nitrogen and oxygen atoms in total. The molecule has 0 aliphatic carbocycles. The smallest absolute Gasteiger partial charge is 0.239 e. The SMILES string of the molecule is CC(N)C(=O)N1CCNC[C@@H]1C. The third-order valence-electron chi connectivity index (χ3n) is 2.17. The van der Waals surface area contributed by atoms with Gasteiger partial charge in [-0.25, -0.2) is 0 Å². The first-order chi connectivity index (χ1) is 5.63. The van der Waals surface area contributed by atoms with E-state index in [9.17, 15) is 4.79 Å². The fraction of sp³-hybridized carbons (Fsp3) is 0.875. The van der Waals surface area contributed by atoms with Gasteiger partial charge in [-0.3, -0.25) is 4.79 Å². The molecule has 1 heterocycles. The Balaban J connectivity index is 2.53. The van der Waals surface area contributed by atoms with E-state index in [1.54, 1.807) is 6.92 Å². The van der Waals surface area contributed by atoms with Crippen molar-refractivity contribution in [2.24, 2.45) is 5.73 Å². The second-order valence-electron chi connectivity index (χ2n) is 3.37. The van der Waals surface area contributed by atoms with E-state index in [1.165, 1.54) is 0 Å². The van der Waals surface area contributed by atoms with Crippen LogP contribution in [0.3, 0.4) is 0 Å². The molecule has 70 valence electrons. The van der Waals surface area contributed by atoms with Crippen LogP contribution in [-0.4, -0.2) is 42.5 Å². The van der Waals surface area contributed by atoms with E-state index in [4.69, 9.17) is 5.73 Å². The predicted octanol–water partition coefficient (Wildman–Crippen LogP) is -0.846. The number of nitrogens with one attached hydrogen (secondary N) is 1. The molecule has 1 aliphatic rings. The van der Waals surface area contributed by atoms with Gasteiger partial charge in [-0.2, -0.15) is 0 Å². The summed E-state index contributed by atoms with van der Waals surface area (Å²) < 4.78 is 0. The van der Waals surface area contributed by atoms with Gasteiger partial charge in [-0.1, -0.05) is 0 Å². The number of piperazine rings is 1. The highest BCUT2D eigenvalue weighted by Gasteiger charge is 2.24. The monoisotopic (exact) mass is 171 g/mol. The first-order valence-corrected chi connectivity index (χ1v) is 4.39. The number of carbonyl (C=O) groups is 1. The Kier molecular flexibility index (Phi) is 3.05. The Bertz CT molecular complexity index is 170. The second kappa shape index (κ2) is 3.87. The van der Waals surface area contributed by atoms with Crippen molar-refractivity contribution in [2.75, 3.05) is 19.6 Å². The fourth-order valence-corrected chi connectivity index (χ4v) is 1.43. The van der Waals surface area contributed by atoms with Gasteiger partial charge in [-0.05, 0) is 13.8 Å². The van der Waals surface area contributed by atoms with Crippen LogP contribution in [0, 0.1) is 0 Å². The topological polar surface area (TPSA) is 58.4 Å². The fourth-order valence-electron chi connectivity index (χ4n) is 1.43. The second-order valence-corrected chi connectivity index (χ2v) is 3.37. The zero-order chi connectivity index (χ0) is 9.14. The molecule has 0 aromatic heterocycles. The van der Waals surface area contributed by atoms with E-state index in [1.807, 2.05) is 11.8 Å². The molecule has 1 unspecified atom stereocenters. The minimum atomic E-state index is -0.370. The van der Waals surface area contributed by atoms with Crippen LogP contribution >= 0.6 is 0 Å². The van der Waals surface area contributed by atoms with Crippen molar-refractivity contribution in [3.05, 3.63) is 0 Å². The maximum atomic E-state index is 11.5. The third kappa shape index (κ3) is 1.95. The Morgan fingerprint density at radius 1 is 1.75 bits per heavy atom. The van der Waals surface area contributed by atoms with Crippen LogP contribution < -0.4 is 11.1 Å². The van der Waals surface area contributed by atoms with Crippen LogP contribution in [0.5, 0.6) is 0 Å². The molecular weight excluding hydrogens is 154 g/mol. The third-order valence-corrected chi connectivity index (χ3v) is 2.17. The van der Waals surface area contributed by atoms with Crippen molar-refractivity contribution in [3.8, 4) is 0 Å². The summed E-state index contributed by atoms with van der Waals surface area (Å²) in [6.07, 6.45) is 0. The summed E-state index contributed by atoms with van der Waals surface area (Å²) in [4.78, 5) is 13.3. The summed E-state index contributed by atoms with van der Waals surface area (Å²) in [6, 6.07) is -0.0946. The molecule has 1 aliphatic heterocycles. The number of nitrogens with two attached hydrogens (primary N) is 1. The molecule has 12 heavy (non-hydrogen) atoms. The summed E-state index contributed by atoms with van der Waals surface area (Å²) in [5.74, 6) is 0.0593. The van der Waals surface area contributed by atoms with Gasteiger partial charge in [0, 0.05) is 25.7 Å². The van der Waals surface area contributed by atoms with Crippen LogP contribution in [0.25, 0.3) is 0 Å².